The molecule has 6 heteroatoms. The molecule has 1 atom stereocenters. The highest BCUT2D eigenvalue weighted by Crippen LogP contribution is 2.28. The summed E-state index contributed by atoms with van der Waals surface area (Å²) in [4.78, 5) is 18.1. The molecule has 0 bridgehead atoms. The van der Waals surface area contributed by atoms with Crippen molar-refractivity contribution in [1.82, 2.24) is 15.0 Å². The Morgan fingerprint density at radius 3 is 2.39 bits per heavy atom. The number of aromatic amines is 1. The van der Waals surface area contributed by atoms with Crippen molar-refractivity contribution >= 4 is 28.2 Å². The number of phenolic OH excluding ortho intramolecular Hbond substituents is 1. The van der Waals surface area contributed by atoms with Crippen molar-refractivity contribution in [2.24, 2.45) is 4.99 Å². The first kappa shape index (κ1) is 23.4. The number of hydrogen-bond acceptors (Lipinski definition) is 5. The van der Waals surface area contributed by atoms with Crippen LogP contribution >= 0.6 is 0 Å². The fourth-order valence-electron chi connectivity index (χ4n) is 4.38. The third kappa shape index (κ3) is 5.11. The second kappa shape index (κ2) is 10.2. The van der Waals surface area contributed by atoms with Crippen molar-refractivity contribution < 1.29 is 9.84 Å². The number of phenols is 1. The van der Waals surface area contributed by atoms with E-state index in [0.717, 1.165) is 44.5 Å². The lowest BCUT2D eigenvalue weighted by atomic mass is 10.1. The van der Waals surface area contributed by atoms with Gasteiger partial charge in [0, 0.05) is 18.0 Å². The smallest absolute Gasteiger partial charge is 0.228 e. The maximum atomic E-state index is 9.74. The molecular formula is C32H26N4O2. The van der Waals surface area contributed by atoms with Gasteiger partial charge in [-0.05, 0) is 61.0 Å². The third-order valence-electron chi connectivity index (χ3n) is 6.43. The summed E-state index contributed by atoms with van der Waals surface area (Å²) >= 11 is 0. The van der Waals surface area contributed by atoms with Gasteiger partial charge < -0.3 is 14.8 Å². The van der Waals surface area contributed by atoms with Gasteiger partial charge in [0.1, 0.15) is 23.4 Å². The number of fused-ring (bicyclic) bond motifs is 2. The van der Waals surface area contributed by atoms with Crippen LogP contribution in [0.1, 0.15) is 28.6 Å². The van der Waals surface area contributed by atoms with E-state index in [1.807, 2.05) is 104 Å². The Bertz CT molecular complexity index is 1710. The van der Waals surface area contributed by atoms with Crippen LogP contribution in [0.5, 0.6) is 17.4 Å². The number of nitrogens with zero attached hydrogens (tertiary/aromatic N) is 3. The number of aryl methyl sites for hydroxylation is 1. The highest BCUT2D eigenvalue weighted by atomic mass is 16.5. The number of para-hydroxylation sites is 3. The van der Waals surface area contributed by atoms with E-state index in [1.165, 1.54) is 0 Å². The summed E-state index contributed by atoms with van der Waals surface area (Å²) in [6, 6.07) is 32.8. The van der Waals surface area contributed by atoms with Gasteiger partial charge in [0.25, 0.3) is 0 Å². The first-order chi connectivity index (χ1) is 18.6. The second-order valence-corrected chi connectivity index (χ2v) is 9.29. The monoisotopic (exact) mass is 498 g/mol. The fraction of sp³-hybridized carbons (Fsp3) is 0.0938. The quantitative estimate of drug-likeness (QED) is 0.226. The number of imidazole rings is 1. The first-order valence-corrected chi connectivity index (χ1v) is 12.5. The van der Waals surface area contributed by atoms with Crippen LogP contribution in [0.15, 0.2) is 108 Å². The number of rotatable bonds is 7. The minimum Gasteiger partial charge on any atom is -0.508 e. The van der Waals surface area contributed by atoms with E-state index in [9.17, 15) is 5.11 Å². The Hall–Kier alpha value is -4.97. The number of aromatic nitrogens is 3. The molecule has 4 aromatic carbocycles. The van der Waals surface area contributed by atoms with E-state index in [4.69, 9.17) is 19.7 Å². The second-order valence-electron chi connectivity index (χ2n) is 9.29. The van der Waals surface area contributed by atoms with Gasteiger partial charge in [-0.1, -0.05) is 60.2 Å². The number of aliphatic imine (C=N–C) groups is 1. The number of pyridine rings is 1. The highest BCUT2D eigenvalue weighted by Gasteiger charge is 2.17. The zero-order valence-electron chi connectivity index (χ0n) is 20.9. The molecule has 2 aromatic heterocycles. The third-order valence-corrected chi connectivity index (χ3v) is 6.43. The first-order valence-electron chi connectivity index (χ1n) is 12.5. The van der Waals surface area contributed by atoms with Crippen LogP contribution in [0.2, 0.25) is 0 Å². The molecule has 6 rings (SSSR count). The molecule has 0 aliphatic heterocycles. The molecule has 38 heavy (non-hydrogen) atoms. The summed E-state index contributed by atoms with van der Waals surface area (Å²) in [5.41, 5.74) is 5.68. The molecule has 186 valence electrons. The van der Waals surface area contributed by atoms with Crippen molar-refractivity contribution in [2.45, 2.75) is 19.4 Å². The van der Waals surface area contributed by atoms with E-state index in [1.54, 1.807) is 12.1 Å². The van der Waals surface area contributed by atoms with Crippen LogP contribution in [-0.2, 0) is 6.42 Å². The number of hydrogen-bond donors (Lipinski definition) is 2. The zero-order valence-corrected chi connectivity index (χ0v) is 20.9. The van der Waals surface area contributed by atoms with Crippen molar-refractivity contribution in [1.29, 1.82) is 0 Å². The molecule has 2 N–H and O–H groups in total. The van der Waals surface area contributed by atoms with E-state index in [0.29, 0.717) is 18.1 Å². The van der Waals surface area contributed by atoms with E-state index in [2.05, 4.69) is 4.98 Å². The summed E-state index contributed by atoms with van der Waals surface area (Å²) in [5, 5.41) is 10.7. The largest absolute Gasteiger partial charge is 0.508 e. The van der Waals surface area contributed by atoms with Crippen LogP contribution < -0.4 is 4.74 Å². The Balaban J connectivity index is 1.40. The SMILES string of the molecule is Cc1ccc(Oc2nc3ccccc3cc2C=NC(Cc2ccc(O)cc2)c2nc3ccccc3[nH]2)cc1. The Labute approximate surface area is 220 Å². The van der Waals surface area contributed by atoms with Gasteiger partial charge >= 0.3 is 0 Å². The summed E-state index contributed by atoms with van der Waals surface area (Å²) in [5.74, 6) is 2.21. The number of aromatic hydroxyl groups is 1. The van der Waals surface area contributed by atoms with Crippen LogP contribution in [0.25, 0.3) is 21.9 Å². The number of ether oxygens (including phenoxy) is 1. The molecule has 0 radical (unpaired) electrons. The van der Waals surface area contributed by atoms with Crippen molar-refractivity contribution in [2.75, 3.05) is 0 Å². The van der Waals surface area contributed by atoms with Crippen molar-refractivity contribution in [3.63, 3.8) is 0 Å². The molecule has 6 nitrogen and oxygen atoms in total. The van der Waals surface area contributed by atoms with Crippen LogP contribution in [0, 0.1) is 6.92 Å². The lowest BCUT2D eigenvalue weighted by molar-refractivity contribution is 0.464. The van der Waals surface area contributed by atoms with Crippen molar-refractivity contribution in [3.8, 4) is 17.4 Å². The Morgan fingerprint density at radius 1 is 0.868 bits per heavy atom. The van der Waals surface area contributed by atoms with Crippen molar-refractivity contribution in [3.05, 3.63) is 126 Å². The fourth-order valence-corrected chi connectivity index (χ4v) is 4.38. The predicted octanol–water partition coefficient (Wildman–Crippen LogP) is 7.32. The molecule has 2 heterocycles. The Morgan fingerprint density at radius 2 is 1.61 bits per heavy atom. The summed E-state index contributed by atoms with van der Waals surface area (Å²) in [6.07, 6.45) is 2.42. The highest BCUT2D eigenvalue weighted by molar-refractivity contribution is 5.91. The standard InChI is InChI=1S/C32H26N4O2/c1-21-10-16-26(17-11-21)38-32-24(19-23-6-2-3-7-27(23)36-32)20-33-30(18-22-12-14-25(37)15-13-22)31-34-28-8-4-5-9-29(28)35-31/h2-17,19-20,30,37H,18H2,1H3,(H,34,35). The van der Waals surface area contributed by atoms with Gasteiger partial charge in [0.15, 0.2) is 0 Å². The maximum absolute atomic E-state index is 9.74. The zero-order chi connectivity index (χ0) is 25.9. The minimum absolute atomic E-state index is 0.234. The van der Waals surface area contributed by atoms with Gasteiger partial charge in [-0.3, -0.25) is 4.99 Å². The molecule has 0 saturated carbocycles. The lowest BCUT2D eigenvalue weighted by Crippen LogP contribution is -2.04. The molecule has 1 unspecified atom stereocenters. The van der Waals surface area contributed by atoms with Crippen LogP contribution in [0.3, 0.4) is 0 Å². The molecule has 0 spiro atoms. The van der Waals surface area contributed by atoms with Gasteiger partial charge in [0.2, 0.25) is 5.88 Å². The number of H-pyrrole nitrogens is 1. The topological polar surface area (TPSA) is 83.4 Å². The van der Waals surface area contributed by atoms with Gasteiger partial charge in [-0.2, -0.15) is 0 Å². The molecule has 6 aromatic rings. The number of benzene rings is 4. The summed E-state index contributed by atoms with van der Waals surface area (Å²) in [6.45, 7) is 2.04. The molecular weight excluding hydrogens is 472 g/mol. The normalized spacial score (nSPS) is 12.3. The van der Waals surface area contributed by atoms with Gasteiger partial charge in [0.05, 0.1) is 22.1 Å². The average molecular weight is 499 g/mol. The van der Waals surface area contributed by atoms with E-state index < -0.39 is 0 Å². The lowest BCUT2D eigenvalue weighted by Gasteiger charge is -2.12. The van der Waals surface area contributed by atoms with Crippen LogP contribution in [0.4, 0.5) is 0 Å². The predicted molar refractivity (Wildman–Crippen MR) is 151 cm³/mol. The molecule has 0 fully saturated rings. The van der Waals surface area contributed by atoms with E-state index >= 15 is 0 Å². The summed E-state index contributed by atoms with van der Waals surface area (Å²) in [7, 11) is 0. The van der Waals surface area contributed by atoms with Gasteiger partial charge in [-0.25, -0.2) is 9.97 Å². The molecule has 0 aliphatic carbocycles. The minimum atomic E-state index is -0.286. The molecule has 0 aliphatic rings. The van der Waals surface area contributed by atoms with E-state index in [-0.39, 0.29) is 11.8 Å². The molecule has 0 saturated heterocycles. The number of nitrogens with one attached hydrogen (secondary N) is 1. The average Bonchev–Trinajstić information content (AvgIpc) is 3.38. The Kier molecular flexibility index (Phi) is 6.28. The van der Waals surface area contributed by atoms with Gasteiger partial charge in [-0.15, -0.1) is 0 Å². The molecule has 0 amide bonds. The summed E-state index contributed by atoms with van der Waals surface area (Å²) < 4.78 is 6.24. The van der Waals surface area contributed by atoms with Crippen LogP contribution in [-0.4, -0.2) is 26.3 Å². The maximum Gasteiger partial charge on any atom is 0.228 e.